The number of hydrogen-bond donors (Lipinski definition) is 0. The second kappa shape index (κ2) is 4.49. The average molecular weight is 272 g/mol. The number of esters is 1. The third-order valence-electron chi connectivity index (χ3n) is 3.74. The maximum Gasteiger partial charge on any atom is 0.334 e. The molecule has 0 bridgehead atoms. The number of rotatable bonds is 2. The zero-order valence-corrected chi connectivity index (χ0v) is 12.1. The van der Waals surface area contributed by atoms with Gasteiger partial charge in [0.25, 0.3) is 0 Å². The van der Waals surface area contributed by atoms with E-state index in [1.54, 1.807) is 11.3 Å². The maximum atomic E-state index is 12.1. The maximum absolute atomic E-state index is 12.1. The van der Waals surface area contributed by atoms with E-state index in [4.69, 9.17) is 4.74 Å². The summed E-state index contributed by atoms with van der Waals surface area (Å²) in [6, 6.07) is 8.40. The molecule has 0 saturated heterocycles. The van der Waals surface area contributed by atoms with Crippen molar-refractivity contribution in [3.8, 4) is 0 Å². The van der Waals surface area contributed by atoms with Gasteiger partial charge in [0.15, 0.2) is 0 Å². The van der Waals surface area contributed by atoms with Crippen LogP contribution in [0.3, 0.4) is 0 Å². The summed E-state index contributed by atoms with van der Waals surface area (Å²) in [4.78, 5) is 13.3. The van der Waals surface area contributed by atoms with Gasteiger partial charge in [-0.3, -0.25) is 0 Å². The summed E-state index contributed by atoms with van der Waals surface area (Å²) >= 11 is 1.77. The van der Waals surface area contributed by atoms with Gasteiger partial charge < -0.3 is 4.74 Å². The number of carbonyl (C=O) groups excluding carboxylic acids is 1. The molecule has 0 fully saturated rings. The lowest BCUT2D eigenvalue weighted by Gasteiger charge is -2.10. The Kier molecular flexibility index (Phi) is 2.94. The summed E-state index contributed by atoms with van der Waals surface area (Å²) in [5, 5.41) is 1.27. The Bertz CT molecular complexity index is 694. The number of allylic oxidation sites excluding steroid dienone is 1. The van der Waals surface area contributed by atoms with E-state index in [0.717, 1.165) is 11.1 Å². The highest BCUT2D eigenvalue weighted by Crippen LogP contribution is 2.49. The molecule has 0 amide bonds. The van der Waals surface area contributed by atoms with E-state index in [2.05, 4.69) is 31.2 Å². The Morgan fingerprint density at radius 3 is 2.84 bits per heavy atom. The molecule has 3 rings (SSSR count). The molecule has 3 heteroatoms. The van der Waals surface area contributed by atoms with Crippen LogP contribution in [0.15, 0.2) is 29.8 Å². The van der Waals surface area contributed by atoms with Crippen molar-refractivity contribution in [1.82, 2.24) is 0 Å². The van der Waals surface area contributed by atoms with Crippen molar-refractivity contribution in [1.29, 1.82) is 0 Å². The second-order valence-corrected chi connectivity index (χ2v) is 5.87. The molecule has 1 heterocycles. The molecular weight excluding hydrogens is 256 g/mol. The van der Waals surface area contributed by atoms with E-state index in [9.17, 15) is 4.79 Å². The number of ether oxygens (including phenoxy) is 1. The monoisotopic (exact) mass is 272 g/mol. The summed E-state index contributed by atoms with van der Waals surface area (Å²) in [5.41, 5.74) is 3.21. The molecule has 19 heavy (non-hydrogen) atoms. The minimum atomic E-state index is -0.167. The van der Waals surface area contributed by atoms with E-state index >= 15 is 0 Å². The molecule has 0 N–H and O–H groups in total. The first-order valence-corrected chi connectivity index (χ1v) is 7.36. The molecule has 0 saturated carbocycles. The lowest BCUT2D eigenvalue weighted by atomic mass is 9.96. The zero-order valence-electron chi connectivity index (χ0n) is 11.3. The van der Waals surface area contributed by atoms with Gasteiger partial charge in [0.2, 0.25) is 0 Å². The van der Waals surface area contributed by atoms with Crippen molar-refractivity contribution in [3.63, 3.8) is 0 Å². The predicted molar refractivity (Wildman–Crippen MR) is 79.5 cm³/mol. The van der Waals surface area contributed by atoms with Crippen LogP contribution >= 0.6 is 11.3 Å². The Morgan fingerprint density at radius 1 is 1.37 bits per heavy atom. The van der Waals surface area contributed by atoms with Gasteiger partial charge in [-0.1, -0.05) is 25.1 Å². The quantitative estimate of drug-likeness (QED) is 0.759. The first kappa shape index (κ1) is 12.4. The van der Waals surface area contributed by atoms with E-state index < -0.39 is 0 Å². The fraction of sp³-hybridized carbons (Fsp3) is 0.312. The van der Waals surface area contributed by atoms with Crippen LogP contribution < -0.4 is 0 Å². The average Bonchev–Trinajstić information content (AvgIpc) is 2.87. The largest absolute Gasteiger partial charge is 0.463 e. The van der Waals surface area contributed by atoms with Crippen LogP contribution in [0.1, 0.15) is 37.1 Å². The smallest absolute Gasteiger partial charge is 0.334 e. The summed E-state index contributed by atoms with van der Waals surface area (Å²) in [6.45, 7) is 6.40. The lowest BCUT2D eigenvalue weighted by Crippen LogP contribution is -2.11. The predicted octanol–water partition coefficient (Wildman–Crippen LogP) is 4.36. The van der Waals surface area contributed by atoms with Crippen LogP contribution in [-0.2, 0) is 9.53 Å². The van der Waals surface area contributed by atoms with E-state index in [1.807, 2.05) is 13.8 Å². The molecule has 1 aliphatic carbocycles. The number of thiophene rings is 1. The van der Waals surface area contributed by atoms with Crippen LogP contribution in [-0.4, -0.2) is 12.6 Å². The Balaban J connectivity index is 2.17. The Morgan fingerprint density at radius 2 is 2.11 bits per heavy atom. The van der Waals surface area contributed by atoms with Crippen molar-refractivity contribution in [2.75, 3.05) is 6.61 Å². The molecule has 98 valence electrons. The molecule has 0 aliphatic heterocycles. The van der Waals surface area contributed by atoms with Crippen LogP contribution in [0.5, 0.6) is 0 Å². The first-order valence-electron chi connectivity index (χ1n) is 6.54. The molecule has 1 aliphatic rings. The topological polar surface area (TPSA) is 26.3 Å². The van der Waals surface area contributed by atoms with Crippen molar-refractivity contribution < 1.29 is 9.53 Å². The summed E-state index contributed by atoms with van der Waals surface area (Å²) < 4.78 is 6.48. The summed E-state index contributed by atoms with van der Waals surface area (Å²) in [6.07, 6.45) is 0. The normalized spacial score (nSPS) is 17.9. The lowest BCUT2D eigenvalue weighted by molar-refractivity contribution is -0.138. The molecule has 2 nitrogen and oxygen atoms in total. The van der Waals surface area contributed by atoms with Crippen LogP contribution in [0, 0.1) is 0 Å². The SMILES string of the molecule is CCOC(=O)C1=C(C)c2sc3ccccc3c2C1C. The fourth-order valence-corrected chi connectivity index (χ4v) is 4.22. The van der Waals surface area contributed by atoms with E-state index in [1.165, 1.54) is 20.5 Å². The molecule has 2 aromatic rings. The summed E-state index contributed by atoms with van der Waals surface area (Å²) in [7, 11) is 0. The van der Waals surface area contributed by atoms with Gasteiger partial charge in [0.1, 0.15) is 0 Å². The molecule has 0 radical (unpaired) electrons. The molecular formula is C16H16O2S. The van der Waals surface area contributed by atoms with Crippen LogP contribution in [0.2, 0.25) is 0 Å². The first-order chi connectivity index (χ1) is 9.15. The van der Waals surface area contributed by atoms with Gasteiger partial charge in [-0.15, -0.1) is 11.3 Å². The molecule has 1 atom stereocenters. The van der Waals surface area contributed by atoms with E-state index in [0.29, 0.717) is 6.61 Å². The third-order valence-corrected chi connectivity index (χ3v) is 5.05. The van der Waals surface area contributed by atoms with Gasteiger partial charge in [-0.25, -0.2) is 4.79 Å². The van der Waals surface area contributed by atoms with Gasteiger partial charge in [-0.2, -0.15) is 0 Å². The fourth-order valence-electron chi connectivity index (χ4n) is 2.90. The number of carbonyl (C=O) groups is 1. The zero-order chi connectivity index (χ0) is 13.6. The van der Waals surface area contributed by atoms with Crippen LogP contribution in [0.25, 0.3) is 15.7 Å². The summed E-state index contributed by atoms with van der Waals surface area (Å²) in [5.74, 6) is -0.0369. The van der Waals surface area contributed by atoms with Gasteiger partial charge in [-0.05, 0) is 36.4 Å². The van der Waals surface area contributed by atoms with Gasteiger partial charge >= 0.3 is 5.97 Å². The highest BCUT2D eigenvalue weighted by molar-refractivity contribution is 7.20. The van der Waals surface area contributed by atoms with Crippen molar-refractivity contribution in [2.24, 2.45) is 0 Å². The third kappa shape index (κ3) is 1.72. The minimum absolute atomic E-state index is 0.130. The molecule has 1 unspecified atom stereocenters. The molecule has 0 spiro atoms. The number of benzene rings is 1. The number of fused-ring (bicyclic) bond motifs is 3. The van der Waals surface area contributed by atoms with Crippen LogP contribution in [0.4, 0.5) is 0 Å². The van der Waals surface area contributed by atoms with E-state index in [-0.39, 0.29) is 11.9 Å². The van der Waals surface area contributed by atoms with Crippen molar-refractivity contribution in [2.45, 2.75) is 26.7 Å². The number of hydrogen-bond acceptors (Lipinski definition) is 3. The molecule has 1 aromatic carbocycles. The van der Waals surface area contributed by atoms with Gasteiger partial charge in [0, 0.05) is 21.1 Å². The Labute approximate surface area is 116 Å². The highest BCUT2D eigenvalue weighted by Gasteiger charge is 2.34. The standard InChI is InChI=1S/C16H16O2S/c1-4-18-16(17)13-9(2)14-11-7-5-6-8-12(11)19-15(14)10(13)3/h5-9H,4H2,1-3H3. The molecule has 1 aromatic heterocycles. The highest BCUT2D eigenvalue weighted by atomic mass is 32.1. The second-order valence-electron chi connectivity index (χ2n) is 4.82. The van der Waals surface area contributed by atoms with Crippen molar-refractivity contribution in [3.05, 3.63) is 40.3 Å². The van der Waals surface area contributed by atoms with Gasteiger partial charge in [0.05, 0.1) is 6.61 Å². The van der Waals surface area contributed by atoms with Crippen molar-refractivity contribution >= 4 is 33.0 Å². The Hall–Kier alpha value is -1.61. The minimum Gasteiger partial charge on any atom is -0.463 e.